The second-order valence-electron chi connectivity index (χ2n) is 2.59. The fourth-order valence-corrected chi connectivity index (χ4v) is 2.07. The highest BCUT2D eigenvalue weighted by molar-refractivity contribution is 7.73. The minimum atomic E-state index is 0.280. The van der Waals surface area contributed by atoms with Crippen molar-refractivity contribution < 1.29 is 5.11 Å². The van der Waals surface area contributed by atoms with Crippen molar-refractivity contribution in [1.82, 2.24) is 4.98 Å². The zero-order valence-corrected chi connectivity index (χ0v) is 8.28. The van der Waals surface area contributed by atoms with E-state index in [0.29, 0.717) is 0 Å². The topological polar surface area (TPSA) is 36.0 Å². The van der Waals surface area contributed by atoms with Gasteiger partial charge in [0.25, 0.3) is 0 Å². The van der Waals surface area contributed by atoms with E-state index in [0.717, 1.165) is 14.4 Å². The number of aromatic amines is 1. The molecule has 0 radical (unpaired) electrons. The van der Waals surface area contributed by atoms with Crippen molar-refractivity contribution >= 4 is 23.6 Å². The molecule has 2 N–H and O–H groups in total. The number of thiazole rings is 1. The lowest BCUT2D eigenvalue weighted by Gasteiger charge is -1.95. The average Bonchev–Trinajstić information content (AvgIpc) is 2.53. The molecule has 0 unspecified atom stereocenters. The predicted molar refractivity (Wildman–Crippen MR) is 56.6 cm³/mol. The lowest BCUT2D eigenvalue weighted by atomic mass is 10.2. The highest BCUT2D eigenvalue weighted by atomic mass is 32.1. The summed E-state index contributed by atoms with van der Waals surface area (Å²) in [4.78, 5) is 4.04. The molecular formula is C9H7NOS2. The Hall–Kier alpha value is -1.13. The average molecular weight is 209 g/mol. The molecule has 2 aromatic rings. The van der Waals surface area contributed by atoms with Crippen molar-refractivity contribution in [2.24, 2.45) is 0 Å². The highest BCUT2D eigenvalue weighted by Crippen LogP contribution is 2.25. The van der Waals surface area contributed by atoms with Crippen molar-refractivity contribution in [3.8, 4) is 16.2 Å². The van der Waals surface area contributed by atoms with Crippen LogP contribution in [-0.4, -0.2) is 10.1 Å². The van der Waals surface area contributed by atoms with Crippen molar-refractivity contribution in [2.75, 3.05) is 0 Å². The predicted octanol–water partition coefficient (Wildman–Crippen LogP) is 3.18. The van der Waals surface area contributed by atoms with Gasteiger partial charge in [-0.15, -0.1) is 11.3 Å². The Morgan fingerprint density at radius 2 is 1.92 bits per heavy atom. The Balaban J connectivity index is 2.47. The van der Waals surface area contributed by atoms with E-state index in [1.54, 1.807) is 12.1 Å². The van der Waals surface area contributed by atoms with Gasteiger partial charge in [0.1, 0.15) is 5.75 Å². The second kappa shape index (κ2) is 3.32. The highest BCUT2D eigenvalue weighted by Gasteiger charge is 1.98. The van der Waals surface area contributed by atoms with E-state index in [4.69, 9.17) is 17.3 Å². The summed E-state index contributed by atoms with van der Waals surface area (Å²) >= 11 is 6.50. The quantitative estimate of drug-likeness (QED) is 0.708. The molecule has 0 saturated carbocycles. The number of benzene rings is 1. The van der Waals surface area contributed by atoms with E-state index in [1.807, 2.05) is 18.3 Å². The summed E-state index contributed by atoms with van der Waals surface area (Å²) in [5.74, 6) is 0.280. The number of aromatic hydroxyl groups is 1. The van der Waals surface area contributed by atoms with E-state index in [1.165, 1.54) is 11.3 Å². The third-order valence-corrected chi connectivity index (χ3v) is 2.92. The first kappa shape index (κ1) is 8.47. The minimum absolute atomic E-state index is 0.280. The molecule has 2 rings (SSSR count). The first-order valence-electron chi connectivity index (χ1n) is 3.73. The molecule has 0 aliphatic carbocycles. The van der Waals surface area contributed by atoms with Crippen LogP contribution in [0.5, 0.6) is 5.75 Å². The summed E-state index contributed by atoms with van der Waals surface area (Å²) in [6.45, 7) is 0. The van der Waals surface area contributed by atoms with Crippen LogP contribution in [0, 0.1) is 3.95 Å². The number of hydrogen-bond acceptors (Lipinski definition) is 3. The molecule has 0 spiro atoms. The van der Waals surface area contributed by atoms with E-state index < -0.39 is 0 Å². The van der Waals surface area contributed by atoms with Crippen LogP contribution >= 0.6 is 23.6 Å². The molecule has 0 amide bonds. The minimum Gasteiger partial charge on any atom is -0.508 e. The fourth-order valence-electron chi connectivity index (χ4n) is 1.05. The Bertz CT molecular complexity index is 455. The monoisotopic (exact) mass is 209 g/mol. The van der Waals surface area contributed by atoms with Gasteiger partial charge in [0, 0.05) is 6.20 Å². The molecule has 1 heterocycles. The summed E-state index contributed by atoms with van der Waals surface area (Å²) in [6, 6.07) is 7.06. The number of rotatable bonds is 1. The number of phenolic OH excluding ortho intramolecular Hbond substituents is 1. The van der Waals surface area contributed by atoms with E-state index in [2.05, 4.69) is 4.98 Å². The van der Waals surface area contributed by atoms with Crippen molar-refractivity contribution in [2.45, 2.75) is 0 Å². The summed E-state index contributed by atoms with van der Waals surface area (Å²) in [6.07, 6.45) is 1.87. The zero-order chi connectivity index (χ0) is 9.26. The number of hydrogen-bond donors (Lipinski definition) is 2. The summed E-state index contributed by atoms with van der Waals surface area (Å²) in [5, 5.41) is 9.08. The molecule has 0 fully saturated rings. The standard InChI is InChI=1S/C9H7NOS2/c11-7-3-1-6(2-4-7)8-5-10-9(12)13-8/h1-5,11H,(H,10,12). The number of H-pyrrole nitrogens is 1. The largest absolute Gasteiger partial charge is 0.508 e. The van der Waals surface area contributed by atoms with Crippen molar-refractivity contribution in [1.29, 1.82) is 0 Å². The van der Waals surface area contributed by atoms with Gasteiger partial charge in [-0.2, -0.15) is 0 Å². The van der Waals surface area contributed by atoms with Gasteiger partial charge in [0.05, 0.1) is 4.88 Å². The summed E-state index contributed by atoms with van der Waals surface area (Å²) < 4.78 is 0.767. The number of aromatic nitrogens is 1. The first-order valence-corrected chi connectivity index (χ1v) is 4.96. The van der Waals surface area contributed by atoms with Crippen LogP contribution in [0.4, 0.5) is 0 Å². The third-order valence-electron chi connectivity index (χ3n) is 1.68. The normalized spacial score (nSPS) is 10.2. The Morgan fingerprint density at radius 1 is 1.23 bits per heavy atom. The molecule has 0 bridgehead atoms. The van der Waals surface area contributed by atoms with Crippen LogP contribution in [0.3, 0.4) is 0 Å². The smallest absolute Gasteiger partial charge is 0.158 e. The molecule has 0 aliphatic heterocycles. The lowest BCUT2D eigenvalue weighted by Crippen LogP contribution is -1.70. The maximum atomic E-state index is 9.08. The lowest BCUT2D eigenvalue weighted by molar-refractivity contribution is 0.475. The van der Waals surface area contributed by atoms with Crippen LogP contribution in [0.1, 0.15) is 0 Å². The van der Waals surface area contributed by atoms with Gasteiger partial charge in [-0.1, -0.05) is 0 Å². The molecular weight excluding hydrogens is 202 g/mol. The molecule has 0 saturated heterocycles. The maximum Gasteiger partial charge on any atom is 0.158 e. The molecule has 4 heteroatoms. The van der Waals surface area contributed by atoms with Gasteiger partial charge in [-0.3, -0.25) is 0 Å². The SMILES string of the molecule is Oc1ccc(-c2c[nH]c(=S)s2)cc1. The van der Waals surface area contributed by atoms with Crippen molar-refractivity contribution in [3.63, 3.8) is 0 Å². The van der Waals surface area contributed by atoms with Gasteiger partial charge in [-0.05, 0) is 42.0 Å². The van der Waals surface area contributed by atoms with Crippen LogP contribution in [0.25, 0.3) is 10.4 Å². The second-order valence-corrected chi connectivity index (χ2v) is 4.31. The van der Waals surface area contributed by atoms with E-state index >= 15 is 0 Å². The molecule has 0 atom stereocenters. The third kappa shape index (κ3) is 1.79. The Morgan fingerprint density at radius 3 is 2.46 bits per heavy atom. The molecule has 2 nitrogen and oxygen atoms in total. The van der Waals surface area contributed by atoms with Gasteiger partial charge in [0.15, 0.2) is 3.95 Å². The van der Waals surface area contributed by atoms with Gasteiger partial charge in [0.2, 0.25) is 0 Å². The van der Waals surface area contributed by atoms with Crippen LogP contribution < -0.4 is 0 Å². The zero-order valence-electron chi connectivity index (χ0n) is 6.65. The van der Waals surface area contributed by atoms with Gasteiger partial charge < -0.3 is 10.1 Å². The first-order chi connectivity index (χ1) is 6.25. The molecule has 1 aromatic carbocycles. The number of nitrogens with one attached hydrogen (secondary N) is 1. The van der Waals surface area contributed by atoms with Crippen LogP contribution in [-0.2, 0) is 0 Å². The molecule has 1 aromatic heterocycles. The molecule has 0 aliphatic rings. The fraction of sp³-hybridized carbons (Fsp3) is 0. The molecule has 13 heavy (non-hydrogen) atoms. The van der Waals surface area contributed by atoms with Crippen LogP contribution in [0.2, 0.25) is 0 Å². The van der Waals surface area contributed by atoms with E-state index in [-0.39, 0.29) is 5.75 Å². The van der Waals surface area contributed by atoms with E-state index in [9.17, 15) is 0 Å². The van der Waals surface area contributed by atoms with Crippen LogP contribution in [0.15, 0.2) is 30.5 Å². The Kier molecular flexibility index (Phi) is 2.16. The maximum absolute atomic E-state index is 9.08. The number of phenols is 1. The van der Waals surface area contributed by atoms with Gasteiger partial charge in [-0.25, -0.2) is 0 Å². The Labute approximate surface area is 84.5 Å². The van der Waals surface area contributed by atoms with Crippen molar-refractivity contribution in [3.05, 3.63) is 34.4 Å². The van der Waals surface area contributed by atoms with Gasteiger partial charge >= 0.3 is 0 Å². The molecule has 66 valence electrons. The summed E-state index contributed by atoms with van der Waals surface area (Å²) in [5.41, 5.74) is 1.06. The summed E-state index contributed by atoms with van der Waals surface area (Å²) in [7, 11) is 0.